The van der Waals surface area contributed by atoms with Crippen molar-refractivity contribution in [2.45, 2.75) is 12.5 Å². The summed E-state index contributed by atoms with van der Waals surface area (Å²) in [5.41, 5.74) is 0.381. The van der Waals surface area contributed by atoms with Gasteiger partial charge in [0.25, 0.3) is 5.91 Å². The zero-order chi connectivity index (χ0) is 20.3. The van der Waals surface area contributed by atoms with Gasteiger partial charge in [-0.2, -0.15) is 0 Å². The normalized spacial score (nSPS) is 19.5. The minimum absolute atomic E-state index is 0.337. The van der Waals surface area contributed by atoms with Crippen LogP contribution in [0, 0.1) is 5.92 Å². The Morgan fingerprint density at radius 2 is 2.00 bits per heavy atom. The maximum Gasteiger partial charge on any atom is 0.291 e. The van der Waals surface area contributed by atoms with Gasteiger partial charge in [-0.1, -0.05) is 18.2 Å². The molecule has 1 aromatic carbocycles. The number of benzene rings is 1. The van der Waals surface area contributed by atoms with Crippen molar-refractivity contribution in [3.63, 3.8) is 0 Å². The van der Waals surface area contributed by atoms with E-state index < -0.39 is 23.7 Å². The van der Waals surface area contributed by atoms with Gasteiger partial charge in [-0.3, -0.25) is 14.4 Å². The van der Waals surface area contributed by atoms with Crippen LogP contribution in [0.4, 0.5) is 0 Å². The van der Waals surface area contributed by atoms with Crippen LogP contribution in [0.2, 0.25) is 0 Å². The number of thiophene rings is 1. The van der Waals surface area contributed by atoms with E-state index in [1.54, 1.807) is 29.2 Å². The van der Waals surface area contributed by atoms with Gasteiger partial charge < -0.3 is 14.5 Å². The average Bonchev–Trinajstić information content (AvgIpc) is 3.29. The predicted octanol–water partition coefficient (Wildman–Crippen LogP) is 1.24. The standard InChI is InChI=1S/C21H24N2O4S/c1-22(2)10-6-11-23-18(16-9-5-12-28-16)17(20(25)21(23)26)19(24)14-7-4-8-15(13-14)27-3/h4-5,7-9,12-13,17-18H,6,10-11H2,1-3H3/p+1. The summed E-state index contributed by atoms with van der Waals surface area (Å²) in [5.74, 6) is -2.00. The second kappa shape index (κ2) is 8.67. The number of rotatable bonds is 8. The number of nitrogens with one attached hydrogen (secondary N) is 1. The number of nitrogens with zero attached hydrogens (tertiary/aromatic N) is 1. The predicted molar refractivity (Wildman–Crippen MR) is 107 cm³/mol. The third-order valence-electron chi connectivity index (χ3n) is 4.95. The van der Waals surface area contributed by atoms with Crippen LogP contribution < -0.4 is 9.64 Å². The zero-order valence-electron chi connectivity index (χ0n) is 16.3. The lowest BCUT2D eigenvalue weighted by molar-refractivity contribution is -0.858. The second-order valence-corrected chi connectivity index (χ2v) is 8.19. The number of ketones is 2. The Labute approximate surface area is 168 Å². The number of hydrogen-bond acceptors (Lipinski definition) is 5. The number of ether oxygens (including phenoxy) is 1. The van der Waals surface area contributed by atoms with Gasteiger partial charge in [0.1, 0.15) is 11.7 Å². The molecular weight excluding hydrogens is 376 g/mol. The first-order chi connectivity index (χ1) is 13.4. The monoisotopic (exact) mass is 401 g/mol. The molecule has 0 spiro atoms. The zero-order valence-corrected chi connectivity index (χ0v) is 17.1. The van der Waals surface area contributed by atoms with Crippen molar-refractivity contribution in [3.8, 4) is 5.75 Å². The Morgan fingerprint density at radius 3 is 2.64 bits per heavy atom. The molecule has 1 amide bonds. The molecular formula is C21H25N2O4S+. The van der Waals surface area contributed by atoms with Crippen molar-refractivity contribution >= 4 is 28.8 Å². The quantitative estimate of drug-likeness (QED) is 0.411. The Balaban J connectivity index is 1.94. The smallest absolute Gasteiger partial charge is 0.291 e. The molecule has 6 nitrogen and oxygen atoms in total. The average molecular weight is 402 g/mol. The minimum Gasteiger partial charge on any atom is -0.497 e. The molecule has 3 rings (SSSR count). The van der Waals surface area contributed by atoms with Gasteiger partial charge in [-0.15, -0.1) is 11.3 Å². The van der Waals surface area contributed by atoms with Crippen molar-refractivity contribution < 1.29 is 24.0 Å². The van der Waals surface area contributed by atoms with E-state index in [0.717, 1.165) is 17.8 Å². The van der Waals surface area contributed by atoms with E-state index in [9.17, 15) is 14.4 Å². The molecule has 1 fully saturated rings. The first-order valence-electron chi connectivity index (χ1n) is 9.29. The van der Waals surface area contributed by atoms with Crippen LogP contribution in [-0.4, -0.2) is 56.7 Å². The first-order valence-corrected chi connectivity index (χ1v) is 10.2. The van der Waals surface area contributed by atoms with E-state index >= 15 is 0 Å². The summed E-state index contributed by atoms with van der Waals surface area (Å²) in [6.07, 6.45) is 0.767. The molecule has 0 radical (unpaired) electrons. The van der Waals surface area contributed by atoms with Crippen LogP contribution in [0.15, 0.2) is 41.8 Å². The maximum absolute atomic E-state index is 13.2. The number of Topliss-reactive ketones (excluding diaryl/α,β-unsaturated/α-hetero) is 2. The Hall–Kier alpha value is -2.51. The third kappa shape index (κ3) is 4.00. The highest BCUT2D eigenvalue weighted by Crippen LogP contribution is 2.40. The van der Waals surface area contributed by atoms with E-state index in [4.69, 9.17) is 4.74 Å². The molecule has 2 atom stereocenters. The number of carbonyl (C=O) groups is 3. The van der Waals surface area contributed by atoms with Crippen molar-refractivity contribution in [1.29, 1.82) is 0 Å². The molecule has 2 heterocycles. The summed E-state index contributed by atoms with van der Waals surface area (Å²) in [7, 11) is 5.61. The summed E-state index contributed by atoms with van der Waals surface area (Å²) in [4.78, 5) is 42.6. The molecule has 0 saturated carbocycles. The van der Waals surface area contributed by atoms with E-state index in [-0.39, 0.29) is 5.78 Å². The van der Waals surface area contributed by atoms with Crippen LogP contribution in [0.3, 0.4) is 0 Å². The molecule has 1 N–H and O–H groups in total. The van der Waals surface area contributed by atoms with Crippen molar-refractivity contribution in [2.24, 2.45) is 5.92 Å². The first kappa shape index (κ1) is 20.2. The van der Waals surface area contributed by atoms with Gasteiger partial charge in [-0.25, -0.2) is 0 Å². The van der Waals surface area contributed by atoms with Crippen LogP contribution in [0.25, 0.3) is 0 Å². The van der Waals surface area contributed by atoms with E-state index in [1.807, 2.05) is 31.6 Å². The summed E-state index contributed by atoms with van der Waals surface area (Å²) < 4.78 is 5.20. The number of likely N-dealkylation sites (tertiary alicyclic amines) is 1. The van der Waals surface area contributed by atoms with Crippen LogP contribution in [0.1, 0.15) is 27.7 Å². The van der Waals surface area contributed by atoms with Crippen molar-refractivity contribution in [2.75, 3.05) is 34.3 Å². The maximum atomic E-state index is 13.2. The van der Waals surface area contributed by atoms with Crippen LogP contribution >= 0.6 is 11.3 Å². The Morgan fingerprint density at radius 1 is 1.21 bits per heavy atom. The second-order valence-electron chi connectivity index (χ2n) is 7.21. The van der Waals surface area contributed by atoms with Gasteiger partial charge >= 0.3 is 0 Å². The van der Waals surface area contributed by atoms with E-state index in [2.05, 4.69) is 0 Å². The highest BCUT2D eigenvalue weighted by Gasteiger charge is 2.51. The summed E-state index contributed by atoms with van der Waals surface area (Å²) in [5, 5.41) is 1.90. The lowest BCUT2D eigenvalue weighted by atomic mass is 9.89. The van der Waals surface area contributed by atoms with Gasteiger partial charge in [-0.05, 0) is 23.6 Å². The van der Waals surface area contributed by atoms with Crippen molar-refractivity contribution in [3.05, 3.63) is 52.2 Å². The Kier molecular flexibility index (Phi) is 6.26. The number of hydrogen-bond donors (Lipinski definition) is 1. The highest BCUT2D eigenvalue weighted by atomic mass is 32.1. The number of amides is 1. The molecule has 1 aliphatic rings. The van der Waals surface area contributed by atoms with E-state index in [1.165, 1.54) is 23.3 Å². The molecule has 2 unspecified atom stereocenters. The van der Waals surface area contributed by atoms with Gasteiger partial charge in [0.15, 0.2) is 5.78 Å². The molecule has 2 aromatic rings. The fourth-order valence-electron chi connectivity index (χ4n) is 3.56. The number of carbonyl (C=O) groups excluding carboxylic acids is 3. The molecule has 1 aromatic heterocycles. The van der Waals surface area contributed by atoms with Crippen LogP contribution in [-0.2, 0) is 9.59 Å². The van der Waals surface area contributed by atoms with Gasteiger partial charge in [0, 0.05) is 23.4 Å². The summed E-state index contributed by atoms with van der Waals surface area (Å²) in [6.45, 7) is 1.34. The lowest BCUT2D eigenvalue weighted by Gasteiger charge is -2.26. The fourth-order valence-corrected chi connectivity index (χ4v) is 4.44. The van der Waals surface area contributed by atoms with Gasteiger partial charge in [0.2, 0.25) is 5.78 Å². The van der Waals surface area contributed by atoms with E-state index in [0.29, 0.717) is 17.9 Å². The minimum atomic E-state index is -1.02. The number of methoxy groups -OCH3 is 1. The van der Waals surface area contributed by atoms with Crippen molar-refractivity contribution in [1.82, 2.24) is 4.90 Å². The molecule has 0 aliphatic carbocycles. The highest BCUT2D eigenvalue weighted by molar-refractivity contribution is 7.10. The topological polar surface area (TPSA) is 68.1 Å². The molecule has 1 saturated heterocycles. The molecule has 28 heavy (non-hydrogen) atoms. The number of quaternary nitrogens is 1. The summed E-state index contributed by atoms with van der Waals surface area (Å²) in [6, 6.07) is 9.95. The Bertz CT molecular complexity index is 863. The van der Waals surface area contributed by atoms with Crippen LogP contribution in [0.5, 0.6) is 5.75 Å². The fraction of sp³-hybridized carbons (Fsp3) is 0.381. The van der Waals surface area contributed by atoms with Gasteiger partial charge in [0.05, 0.1) is 33.8 Å². The SMILES string of the molecule is COc1cccc(C(=O)C2C(=O)C(=O)N(CCC[NH+](C)C)C2c2cccs2)c1. The molecule has 148 valence electrons. The lowest BCUT2D eigenvalue weighted by Crippen LogP contribution is -3.05. The molecule has 1 aliphatic heterocycles. The molecule has 7 heteroatoms. The summed E-state index contributed by atoms with van der Waals surface area (Å²) >= 11 is 1.46. The largest absolute Gasteiger partial charge is 0.497 e. The third-order valence-corrected chi connectivity index (χ3v) is 5.90. The molecule has 0 bridgehead atoms.